The van der Waals surface area contributed by atoms with E-state index in [4.69, 9.17) is 10.1 Å². The molecular formula is C32H34N4O3. The van der Waals surface area contributed by atoms with Crippen molar-refractivity contribution in [1.29, 1.82) is 5.41 Å². The Hall–Kier alpha value is -4.13. The SMILES string of the molecule is C[C@H](c1cccc(C(=O)N[C@H]2CCOc3ccccc32)c1)N1C(=N)N[C@@](CC2CC2)(c2ccccc2)CC1=O. The molecular weight excluding hydrogens is 488 g/mol. The van der Waals surface area contributed by atoms with Gasteiger partial charge in [-0.2, -0.15) is 0 Å². The Bertz CT molecular complexity index is 1380. The summed E-state index contributed by atoms with van der Waals surface area (Å²) in [4.78, 5) is 28.5. The molecule has 0 radical (unpaired) electrons. The second kappa shape index (κ2) is 10.2. The molecule has 1 aliphatic carbocycles. The van der Waals surface area contributed by atoms with Crippen LogP contribution in [0.3, 0.4) is 0 Å². The van der Waals surface area contributed by atoms with Gasteiger partial charge in [0.05, 0.1) is 30.7 Å². The Morgan fingerprint density at radius 3 is 2.62 bits per heavy atom. The third kappa shape index (κ3) is 5.01. The number of guanidine groups is 1. The fraction of sp³-hybridized carbons (Fsp3) is 0.344. The largest absolute Gasteiger partial charge is 0.493 e. The van der Waals surface area contributed by atoms with Crippen LogP contribution in [0.25, 0.3) is 0 Å². The molecule has 3 aromatic carbocycles. The summed E-state index contributed by atoms with van der Waals surface area (Å²) in [5.41, 5.74) is 2.81. The maximum atomic E-state index is 13.7. The van der Waals surface area contributed by atoms with Crippen molar-refractivity contribution < 1.29 is 14.3 Å². The molecule has 0 spiro atoms. The maximum Gasteiger partial charge on any atom is 0.251 e. The molecule has 2 heterocycles. The molecule has 7 heteroatoms. The van der Waals surface area contributed by atoms with E-state index in [1.165, 1.54) is 17.7 Å². The molecule has 2 aliphatic heterocycles. The highest BCUT2D eigenvalue weighted by atomic mass is 16.5. The van der Waals surface area contributed by atoms with Crippen LogP contribution < -0.4 is 15.4 Å². The van der Waals surface area contributed by atoms with Gasteiger partial charge in [-0.15, -0.1) is 0 Å². The smallest absolute Gasteiger partial charge is 0.251 e. The molecule has 0 unspecified atom stereocenters. The van der Waals surface area contributed by atoms with E-state index in [-0.39, 0.29) is 23.8 Å². The maximum absolute atomic E-state index is 13.7. The van der Waals surface area contributed by atoms with Crippen molar-refractivity contribution in [3.63, 3.8) is 0 Å². The molecule has 3 aromatic rings. The number of nitrogens with zero attached hydrogens (tertiary/aromatic N) is 1. The lowest BCUT2D eigenvalue weighted by atomic mass is 9.80. The van der Waals surface area contributed by atoms with Crippen molar-refractivity contribution in [3.05, 3.63) is 101 Å². The molecule has 6 rings (SSSR count). The van der Waals surface area contributed by atoms with E-state index in [2.05, 4.69) is 10.6 Å². The van der Waals surface area contributed by atoms with E-state index in [0.717, 1.165) is 28.9 Å². The van der Waals surface area contributed by atoms with Gasteiger partial charge in [-0.25, -0.2) is 0 Å². The Morgan fingerprint density at radius 1 is 1.08 bits per heavy atom. The van der Waals surface area contributed by atoms with E-state index < -0.39 is 11.6 Å². The molecule has 0 bridgehead atoms. The van der Waals surface area contributed by atoms with Gasteiger partial charge in [-0.3, -0.25) is 19.9 Å². The van der Waals surface area contributed by atoms with Gasteiger partial charge in [0.1, 0.15) is 5.75 Å². The van der Waals surface area contributed by atoms with Crippen LogP contribution in [0.1, 0.15) is 78.2 Å². The zero-order valence-corrected chi connectivity index (χ0v) is 22.2. The van der Waals surface area contributed by atoms with E-state index in [1.807, 2.05) is 79.7 Å². The van der Waals surface area contributed by atoms with Gasteiger partial charge in [0.2, 0.25) is 5.91 Å². The number of ether oxygens (including phenoxy) is 1. The van der Waals surface area contributed by atoms with Gasteiger partial charge < -0.3 is 15.4 Å². The zero-order valence-electron chi connectivity index (χ0n) is 22.2. The summed E-state index contributed by atoms with van der Waals surface area (Å²) in [6.07, 6.45) is 4.19. The van der Waals surface area contributed by atoms with Crippen LogP contribution in [0, 0.1) is 11.3 Å². The van der Waals surface area contributed by atoms with Crippen molar-refractivity contribution in [2.24, 2.45) is 5.92 Å². The summed E-state index contributed by atoms with van der Waals surface area (Å²) in [6.45, 7) is 2.46. The first-order chi connectivity index (χ1) is 18.9. The molecule has 3 aliphatic rings. The summed E-state index contributed by atoms with van der Waals surface area (Å²) < 4.78 is 5.73. The first kappa shape index (κ1) is 25.2. The fourth-order valence-corrected chi connectivity index (χ4v) is 6.02. The monoisotopic (exact) mass is 522 g/mol. The van der Waals surface area contributed by atoms with Crippen LogP contribution in [-0.2, 0) is 10.3 Å². The Morgan fingerprint density at radius 2 is 1.85 bits per heavy atom. The van der Waals surface area contributed by atoms with Gasteiger partial charge in [0.25, 0.3) is 5.91 Å². The summed E-state index contributed by atoms with van der Waals surface area (Å²) in [5.74, 6) is 1.25. The second-order valence-corrected chi connectivity index (χ2v) is 11.0. The number of nitrogens with one attached hydrogen (secondary N) is 3. The predicted molar refractivity (Wildman–Crippen MR) is 149 cm³/mol. The van der Waals surface area contributed by atoms with E-state index >= 15 is 0 Å². The van der Waals surface area contributed by atoms with Crippen LogP contribution in [0.4, 0.5) is 0 Å². The van der Waals surface area contributed by atoms with Gasteiger partial charge in [-0.1, -0.05) is 73.5 Å². The molecule has 200 valence electrons. The van der Waals surface area contributed by atoms with E-state index in [9.17, 15) is 9.59 Å². The van der Waals surface area contributed by atoms with Gasteiger partial charge in [0, 0.05) is 17.5 Å². The highest BCUT2D eigenvalue weighted by Gasteiger charge is 2.47. The second-order valence-electron chi connectivity index (χ2n) is 11.0. The number of carbonyl (C=O) groups excluding carboxylic acids is 2. The van der Waals surface area contributed by atoms with Gasteiger partial charge in [0.15, 0.2) is 5.96 Å². The standard InChI is InChI=1S/C32H34N4O3/c1-21(36-29(37)20-32(35-31(36)33,19-22-14-15-22)25-10-3-2-4-11-25)23-8-7-9-24(18-23)30(38)34-27-16-17-39-28-13-6-5-12-26(27)28/h2-13,18,21-22,27H,14-17,19-20H2,1H3,(H2,33,35)(H,34,38)/t21-,27+,32-/m1/s1. The van der Waals surface area contributed by atoms with Crippen molar-refractivity contribution in [2.45, 2.75) is 56.7 Å². The third-order valence-electron chi connectivity index (χ3n) is 8.26. The number of amides is 2. The lowest BCUT2D eigenvalue weighted by molar-refractivity contribution is -0.132. The van der Waals surface area contributed by atoms with Crippen molar-refractivity contribution in [1.82, 2.24) is 15.5 Å². The number of benzene rings is 3. The zero-order chi connectivity index (χ0) is 27.0. The number of rotatable bonds is 7. The average Bonchev–Trinajstić information content (AvgIpc) is 3.77. The van der Waals surface area contributed by atoms with Gasteiger partial charge in [-0.05, 0) is 48.6 Å². The first-order valence-electron chi connectivity index (χ1n) is 13.8. The van der Waals surface area contributed by atoms with Gasteiger partial charge >= 0.3 is 0 Å². The van der Waals surface area contributed by atoms with Crippen LogP contribution in [0.15, 0.2) is 78.9 Å². The first-order valence-corrected chi connectivity index (χ1v) is 13.8. The molecule has 3 atom stereocenters. The summed E-state index contributed by atoms with van der Waals surface area (Å²) >= 11 is 0. The predicted octanol–water partition coefficient (Wildman–Crippen LogP) is 5.45. The Labute approximate surface area is 229 Å². The molecule has 3 N–H and O–H groups in total. The Kier molecular flexibility index (Phi) is 6.59. The summed E-state index contributed by atoms with van der Waals surface area (Å²) in [5, 5.41) is 15.5. The molecule has 39 heavy (non-hydrogen) atoms. The van der Waals surface area contributed by atoms with Crippen LogP contribution in [0.5, 0.6) is 5.75 Å². The number of fused-ring (bicyclic) bond motifs is 1. The fourth-order valence-electron chi connectivity index (χ4n) is 6.02. The topological polar surface area (TPSA) is 94.5 Å². The van der Waals surface area contributed by atoms with E-state index in [0.29, 0.717) is 30.9 Å². The lowest BCUT2D eigenvalue weighted by Gasteiger charge is -2.45. The quantitative estimate of drug-likeness (QED) is 0.384. The van der Waals surface area contributed by atoms with Crippen LogP contribution >= 0.6 is 0 Å². The number of para-hydroxylation sites is 1. The third-order valence-corrected chi connectivity index (χ3v) is 8.26. The number of hydrogen-bond donors (Lipinski definition) is 3. The van der Waals surface area contributed by atoms with E-state index in [1.54, 1.807) is 6.07 Å². The highest BCUT2D eigenvalue weighted by Crippen LogP contribution is 2.44. The van der Waals surface area contributed by atoms with Crippen molar-refractivity contribution >= 4 is 17.8 Å². The summed E-state index contributed by atoms with van der Waals surface area (Å²) in [6, 6.07) is 24.7. The molecule has 2 fully saturated rings. The molecule has 1 saturated heterocycles. The molecule has 0 aromatic heterocycles. The van der Waals surface area contributed by atoms with Crippen molar-refractivity contribution in [2.75, 3.05) is 6.61 Å². The normalized spacial score (nSPS) is 23.3. The van der Waals surface area contributed by atoms with Crippen LogP contribution in [-0.4, -0.2) is 29.3 Å². The van der Waals surface area contributed by atoms with Crippen molar-refractivity contribution in [3.8, 4) is 5.75 Å². The van der Waals surface area contributed by atoms with Crippen LogP contribution in [0.2, 0.25) is 0 Å². The summed E-state index contributed by atoms with van der Waals surface area (Å²) in [7, 11) is 0. The lowest BCUT2D eigenvalue weighted by Crippen LogP contribution is -2.61. The number of hydrogen-bond acceptors (Lipinski definition) is 4. The average molecular weight is 523 g/mol. The Balaban J connectivity index is 1.20. The molecule has 2 amide bonds. The minimum atomic E-state index is -0.561. The molecule has 7 nitrogen and oxygen atoms in total. The molecule has 1 saturated carbocycles. The minimum absolute atomic E-state index is 0.0792. The minimum Gasteiger partial charge on any atom is -0.493 e. The highest BCUT2D eigenvalue weighted by molar-refractivity contribution is 6.00. The number of carbonyl (C=O) groups is 2.